The molecule has 0 spiro atoms. The average molecular weight is 186 g/mol. The van der Waals surface area contributed by atoms with Gasteiger partial charge in [0.15, 0.2) is 0 Å². The highest BCUT2D eigenvalue weighted by Crippen LogP contribution is 2.17. The Morgan fingerprint density at radius 2 is 2.00 bits per heavy atom. The zero-order valence-electron chi connectivity index (χ0n) is 9.14. The maximum Gasteiger partial charge on any atom is 0.120 e. The van der Waals surface area contributed by atoms with E-state index >= 15 is 0 Å². The number of unbranched alkanes of at least 4 members (excludes halogenated alkanes) is 2. The van der Waals surface area contributed by atoms with Crippen LogP contribution in [-0.2, 0) is 9.53 Å². The van der Waals surface area contributed by atoms with Gasteiger partial charge in [-0.15, -0.1) is 0 Å². The summed E-state index contributed by atoms with van der Waals surface area (Å²) in [7, 11) is 0. The first kappa shape index (κ1) is 12.6. The summed E-state index contributed by atoms with van der Waals surface area (Å²) >= 11 is 0. The van der Waals surface area contributed by atoms with Crippen molar-refractivity contribution >= 4 is 6.29 Å². The van der Waals surface area contributed by atoms with Crippen molar-refractivity contribution in [1.29, 1.82) is 0 Å². The minimum Gasteiger partial charge on any atom is -0.376 e. The van der Waals surface area contributed by atoms with Crippen molar-refractivity contribution in [2.45, 2.75) is 58.5 Å². The number of aldehydes is 1. The Bertz CT molecular complexity index is 130. The molecule has 0 aromatic carbocycles. The molecule has 0 N–H and O–H groups in total. The normalized spacial score (nSPS) is 11.6. The number of carbonyl (C=O) groups is 1. The summed E-state index contributed by atoms with van der Waals surface area (Å²) in [6.45, 7) is 7.12. The van der Waals surface area contributed by atoms with E-state index in [4.69, 9.17) is 4.74 Å². The first-order valence-corrected chi connectivity index (χ1v) is 5.20. The molecular weight excluding hydrogens is 164 g/mol. The quantitative estimate of drug-likeness (QED) is 0.430. The van der Waals surface area contributed by atoms with Crippen molar-refractivity contribution in [3.05, 3.63) is 0 Å². The van der Waals surface area contributed by atoms with Gasteiger partial charge in [0, 0.05) is 13.0 Å². The number of hydrogen-bond acceptors (Lipinski definition) is 2. The molecular formula is C11H22O2. The molecule has 2 heteroatoms. The Balaban J connectivity index is 3.44. The highest BCUT2D eigenvalue weighted by Gasteiger charge is 2.16. The fourth-order valence-electron chi connectivity index (χ4n) is 1.19. The van der Waals surface area contributed by atoms with Gasteiger partial charge in [0.25, 0.3) is 0 Å². The lowest BCUT2D eigenvalue weighted by Crippen LogP contribution is -2.24. The Kier molecular flexibility index (Phi) is 6.87. The Morgan fingerprint density at radius 3 is 2.54 bits per heavy atom. The van der Waals surface area contributed by atoms with Crippen molar-refractivity contribution in [2.75, 3.05) is 6.61 Å². The Labute approximate surface area is 81.7 Å². The topological polar surface area (TPSA) is 26.3 Å². The van der Waals surface area contributed by atoms with Gasteiger partial charge in [0.05, 0.1) is 5.60 Å². The second-order valence-electron chi connectivity index (χ2n) is 4.02. The maximum absolute atomic E-state index is 10.0. The number of rotatable bonds is 8. The van der Waals surface area contributed by atoms with Gasteiger partial charge in [0.2, 0.25) is 0 Å². The predicted octanol–water partition coefficient (Wildman–Crippen LogP) is 2.95. The molecule has 0 unspecified atom stereocenters. The first-order valence-electron chi connectivity index (χ1n) is 5.20. The van der Waals surface area contributed by atoms with Gasteiger partial charge in [-0.1, -0.05) is 19.8 Å². The summed E-state index contributed by atoms with van der Waals surface area (Å²) in [5, 5.41) is 0. The van der Waals surface area contributed by atoms with Gasteiger partial charge in [-0.25, -0.2) is 0 Å². The third-order valence-corrected chi connectivity index (χ3v) is 2.09. The van der Waals surface area contributed by atoms with Gasteiger partial charge in [-0.3, -0.25) is 0 Å². The van der Waals surface area contributed by atoms with E-state index in [1.165, 1.54) is 12.8 Å². The van der Waals surface area contributed by atoms with Gasteiger partial charge >= 0.3 is 0 Å². The molecule has 0 atom stereocenters. The smallest absolute Gasteiger partial charge is 0.120 e. The van der Waals surface area contributed by atoms with Crippen molar-refractivity contribution < 1.29 is 9.53 Å². The van der Waals surface area contributed by atoms with Crippen LogP contribution in [0.1, 0.15) is 52.9 Å². The van der Waals surface area contributed by atoms with E-state index < -0.39 is 0 Å². The second kappa shape index (κ2) is 7.07. The van der Waals surface area contributed by atoms with E-state index in [1.807, 2.05) is 0 Å². The van der Waals surface area contributed by atoms with Crippen molar-refractivity contribution in [3.63, 3.8) is 0 Å². The molecule has 0 saturated carbocycles. The van der Waals surface area contributed by atoms with E-state index in [2.05, 4.69) is 20.8 Å². The molecule has 0 aromatic rings. The summed E-state index contributed by atoms with van der Waals surface area (Å²) in [5.41, 5.74) is -0.0150. The summed E-state index contributed by atoms with van der Waals surface area (Å²) in [5.74, 6) is 0. The zero-order valence-corrected chi connectivity index (χ0v) is 9.14. The molecule has 78 valence electrons. The van der Waals surface area contributed by atoms with Crippen LogP contribution in [0.4, 0.5) is 0 Å². The third kappa shape index (κ3) is 7.97. The lowest BCUT2D eigenvalue weighted by Gasteiger charge is -2.25. The van der Waals surface area contributed by atoms with Crippen molar-refractivity contribution in [2.24, 2.45) is 0 Å². The van der Waals surface area contributed by atoms with Gasteiger partial charge in [-0.05, 0) is 26.7 Å². The Morgan fingerprint density at radius 1 is 1.31 bits per heavy atom. The molecule has 0 heterocycles. The molecule has 0 aromatic heterocycles. The zero-order chi connectivity index (χ0) is 10.2. The van der Waals surface area contributed by atoms with Crippen LogP contribution in [0, 0.1) is 0 Å². The number of carbonyl (C=O) groups excluding carboxylic acids is 1. The second-order valence-corrected chi connectivity index (χ2v) is 4.02. The Hall–Kier alpha value is -0.370. The maximum atomic E-state index is 10.0. The summed E-state index contributed by atoms with van der Waals surface area (Å²) in [6.07, 6.45) is 5.93. The van der Waals surface area contributed by atoms with Gasteiger partial charge < -0.3 is 9.53 Å². The molecule has 2 nitrogen and oxygen atoms in total. The molecule has 0 aliphatic heterocycles. The lowest BCUT2D eigenvalue weighted by molar-refractivity contribution is -0.108. The molecule has 0 saturated heterocycles. The molecule has 0 aliphatic carbocycles. The summed E-state index contributed by atoms with van der Waals surface area (Å²) in [4.78, 5) is 10.0. The molecule has 0 radical (unpaired) electrons. The third-order valence-electron chi connectivity index (χ3n) is 2.09. The first-order chi connectivity index (χ1) is 6.12. The van der Waals surface area contributed by atoms with Crippen LogP contribution in [0.15, 0.2) is 0 Å². The van der Waals surface area contributed by atoms with Crippen LogP contribution in [0.3, 0.4) is 0 Å². The minimum atomic E-state index is -0.0150. The van der Waals surface area contributed by atoms with Crippen LogP contribution < -0.4 is 0 Å². The van der Waals surface area contributed by atoms with E-state index in [-0.39, 0.29) is 5.60 Å². The predicted molar refractivity (Wildman–Crippen MR) is 54.9 cm³/mol. The molecule has 0 bridgehead atoms. The van der Waals surface area contributed by atoms with Gasteiger partial charge in [-0.2, -0.15) is 0 Å². The van der Waals surface area contributed by atoms with Crippen LogP contribution in [0.2, 0.25) is 0 Å². The van der Waals surface area contributed by atoms with Gasteiger partial charge in [0.1, 0.15) is 6.29 Å². The van der Waals surface area contributed by atoms with Crippen LogP contribution in [0.5, 0.6) is 0 Å². The molecule has 0 aliphatic rings. The van der Waals surface area contributed by atoms with Crippen LogP contribution in [0.25, 0.3) is 0 Å². The van der Waals surface area contributed by atoms with E-state index in [0.29, 0.717) is 13.0 Å². The fraction of sp³-hybridized carbons (Fsp3) is 0.909. The van der Waals surface area contributed by atoms with E-state index in [0.717, 1.165) is 19.1 Å². The molecule has 0 fully saturated rings. The number of ether oxygens (including phenoxy) is 1. The van der Waals surface area contributed by atoms with Crippen molar-refractivity contribution in [1.82, 2.24) is 0 Å². The van der Waals surface area contributed by atoms with Crippen LogP contribution >= 0.6 is 0 Å². The average Bonchev–Trinajstić information content (AvgIpc) is 2.09. The monoisotopic (exact) mass is 186 g/mol. The lowest BCUT2D eigenvalue weighted by atomic mass is 10.0. The molecule has 0 rings (SSSR count). The van der Waals surface area contributed by atoms with Crippen molar-refractivity contribution in [3.8, 4) is 0 Å². The number of hydrogen-bond donors (Lipinski definition) is 0. The van der Waals surface area contributed by atoms with E-state index in [9.17, 15) is 4.79 Å². The van der Waals surface area contributed by atoms with E-state index in [1.54, 1.807) is 0 Å². The summed E-state index contributed by atoms with van der Waals surface area (Å²) in [6, 6.07) is 0. The highest BCUT2D eigenvalue weighted by atomic mass is 16.5. The minimum absolute atomic E-state index is 0.0150. The largest absolute Gasteiger partial charge is 0.376 e. The summed E-state index contributed by atoms with van der Waals surface area (Å²) < 4.78 is 5.67. The standard InChI is InChI=1S/C11H22O2/c1-4-5-8-11(2,3)13-10-7-6-9-12/h9H,4-8,10H2,1-3H3. The molecule has 0 amide bonds. The molecule has 13 heavy (non-hydrogen) atoms. The highest BCUT2D eigenvalue weighted by molar-refractivity contribution is 5.48. The fourth-order valence-corrected chi connectivity index (χ4v) is 1.19. The van der Waals surface area contributed by atoms with Crippen LogP contribution in [-0.4, -0.2) is 18.5 Å². The SMILES string of the molecule is CCCCC(C)(C)OCCCC=O.